The number of hydrogen-bond acceptors (Lipinski definition) is 6. The molecule has 0 unspecified atom stereocenters. The number of hydrogen-bond donors (Lipinski definition) is 6. The first-order valence-electron chi connectivity index (χ1n) is 8.29. The van der Waals surface area contributed by atoms with Crippen molar-refractivity contribution in [2.45, 2.75) is 37.4 Å². The number of nitrogens with one attached hydrogen (secondary N) is 2. The van der Waals surface area contributed by atoms with E-state index in [1.807, 2.05) is 0 Å². The van der Waals surface area contributed by atoms with Gasteiger partial charge in [-0.05, 0) is 5.56 Å². The number of carboxylic acids is 1. The molecule has 3 atom stereocenters. The Bertz CT molecular complexity index is 739. The van der Waals surface area contributed by atoms with Gasteiger partial charge in [-0.2, -0.15) is 0 Å². The molecule has 9 N–H and O–H groups in total. The first-order valence-corrected chi connectivity index (χ1v) is 8.29. The van der Waals surface area contributed by atoms with Crippen molar-refractivity contribution in [2.24, 2.45) is 17.2 Å². The standard InChI is InChI=1S/C17H23N5O6/c18-10(7-13(19)23)15(25)21-11(6-9-4-2-1-3-5-9)16(26)22-12(17(27)28)8-14(20)24/h1-5,10-12H,6-8,18H2,(H2,19,23)(H2,20,24)(H,21,25)(H,22,26)(H,27,28)/t10-,11-,12-/m0/s1. The predicted octanol–water partition coefficient (Wildman–Crippen LogP) is -2.64. The monoisotopic (exact) mass is 393 g/mol. The maximum atomic E-state index is 12.6. The summed E-state index contributed by atoms with van der Waals surface area (Å²) in [6.07, 6.45) is -1.02. The molecule has 0 saturated carbocycles. The van der Waals surface area contributed by atoms with E-state index in [2.05, 4.69) is 10.6 Å². The van der Waals surface area contributed by atoms with Crippen LogP contribution in [-0.2, 0) is 30.4 Å². The lowest BCUT2D eigenvalue weighted by Gasteiger charge is -2.22. The molecule has 0 bridgehead atoms. The zero-order valence-corrected chi connectivity index (χ0v) is 15.0. The topological polar surface area (TPSA) is 208 Å². The van der Waals surface area contributed by atoms with Crippen LogP contribution in [0, 0.1) is 0 Å². The molecule has 0 aliphatic rings. The summed E-state index contributed by atoms with van der Waals surface area (Å²) in [7, 11) is 0. The van der Waals surface area contributed by atoms with Crippen molar-refractivity contribution < 1.29 is 29.1 Å². The Labute approximate surface area is 160 Å². The number of benzene rings is 1. The van der Waals surface area contributed by atoms with Gasteiger partial charge in [0.15, 0.2) is 0 Å². The van der Waals surface area contributed by atoms with Crippen molar-refractivity contribution in [1.82, 2.24) is 10.6 Å². The van der Waals surface area contributed by atoms with Gasteiger partial charge in [0.25, 0.3) is 0 Å². The Morgan fingerprint density at radius 2 is 1.39 bits per heavy atom. The maximum absolute atomic E-state index is 12.6. The largest absolute Gasteiger partial charge is 0.480 e. The number of primary amides is 2. The normalized spacial score (nSPS) is 13.6. The van der Waals surface area contributed by atoms with Crippen LogP contribution in [0.15, 0.2) is 30.3 Å². The van der Waals surface area contributed by atoms with Crippen molar-refractivity contribution in [3.05, 3.63) is 35.9 Å². The molecule has 152 valence electrons. The van der Waals surface area contributed by atoms with E-state index in [0.29, 0.717) is 5.56 Å². The average Bonchev–Trinajstić information content (AvgIpc) is 2.60. The molecule has 11 nitrogen and oxygen atoms in total. The van der Waals surface area contributed by atoms with Crippen LogP contribution in [0.2, 0.25) is 0 Å². The van der Waals surface area contributed by atoms with Gasteiger partial charge >= 0.3 is 5.97 Å². The molecule has 11 heteroatoms. The lowest BCUT2D eigenvalue weighted by atomic mass is 10.0. The number of carbonyl (C=O) groups excluding carboxylic acids is 4. The number of carboxylic acid groups (broad SMARTS) is 1. The number of nitrogens with two attached hydrogens (primary N) is 3. The third-order valence-corrected chi connectivity index (χ3v) is 3.69. The van der Waals surface area contributed by atoms with Crippen molar-refractivity contribution in [3.8, 4) is 0 Å². The van der Waals surface area contributed by atoms with E-state index in [0.717, 1.165) is 0 Å². The molecule has 0 spiro atoms. The van der Waals surface area contributed by atoms with Gasteiger partial charge in [0.2, 0.25) is 23.6 Å². The van der Waals surface area contributed by atoms with Crippen LogP contribution < -0.4 is 27.8 Å². The predicted molar refractivity (Wildman–Crippen MR) is 97.2 cm³/mol. The Morgan fingerprint density at radius 3 is 1.89 bits per heavy atom. The van der Waals surface area contributed by atoms with Crippen molar-refractivity contribution in [3.63, 3.8) is 0 Å². The number of amides is 4. The van der Waals surface area contributed by atoms with Gasteiger partial charge in [0.05, 0.1) is 18.9 Å². The van der Waals surface area contributed by atoms with Crippen molar-refractivity contribution in [1.29, 1.82) is 0 Å². The van der Waals surface area contributed by atoms with Gasteiger partial charge in [0.1, 0.15) is 12.1 Å². The molecule has 0 heterocycles. The first kappa shape index (κ1) is 22.6. The highest BCUT2D eigenvalue weighted by Crippen LogP contribution is 2.05. The third kappa shape index (κ3) is 7.83. The highest BCUT2D eigenvalue weighted by atomic mass is 16.4. The number of rotatable bonds is 11. The van der Waals surface area contributed by atoms with Gasteiger partial charge in [-0.3, -0.25) is 19.2 Å². The zero-order valence-electron chi connectivity index (χ0n) is 15.0. The minimum absolute atomic E-state index is 0.0185. The van der Waals surface area contributed by atoms with Gasteiger partial charge in [-0.1, -0.05) is 30.3 Å². The molecular formula is C17H23N5O6. The molecule has 0 fully saturated rings. The van der Waals surface area contributed by atoms with E-state index >= 15 is 0 Å². The summed E-state index contributed by atoms with van der Waals surface area (Å²) < 4.78 is 0. The maximum Gasteiger partial charge on any atom is 0.326 e. The summed E-state index contributed by atoms with van der Waals surface area (Å²) in [5.41, 5.74) is 16.2. The summed E-state index contributed by atoms with van der Waals surface area (Å²) in [6.45, 7) is 0. The molecule has 0 aromatic heterocycles. The number of carbonyl (C=O) groups is 5. The van der Waals surface area contributed by atoms with E-state index in [4.69, 9.17) is 22.3 Å². The Morgan fingerprint density at radius 1 is 0.857 bits per heavy atom. The van der Waals surface area contributed by atoms with Gasteiger partial charge < -0.3 is 32.9 Å². The van der Waals surface area contributed by atoms with E-state index in [1.54, 1.807) is 30.3 Å². The van der Waals surface area contributed by atoms with Gasteiger partial charge in [-0.15, -0.1) is 0 Å². The summed E-state index contributed by atoms with van der Waals surface area (Å²) in [5.74, 6) is -4.82. The second kappa shape index (κ2) is 10.6. The second-order valence-corrected chi connectivity index (χ2v) is 6.10. The van der Waals surface area contributed by atoms with E-state index in [9.17, 15) is 24.0 Å². The molecule has 4 amide bonds. The third-order valence-electron chi connectivity index (χ3n) is 3.69. The molecular weight excluding hydrogens is 370 g/mol. The fraction of sp³-hybridized carbons (Fsp3) is 0.353. The highest BCUT2D eigenvalue weighted by Gasteiger charge is 2.29. The van der Waals surface area contributed by atoms with Crippen LogP contribution in [0.4, 0.5) is 0 Å². The molecule has 1 rings (SSSR count). The van der Waals surface area contributed by atoms with E-state index in [1.165, 1.54) is 0 Å². The van der Waals surface area contributed by atoms with Crippen LogP contribution in [0.3, 0.4) is 0 Å². The lowest BCUT2D eigenvalue weighted by Crippen LogP contribution is -2.56. The molecule has 1 aromatic carbocycles. The van der Waals surface area contributed by atoms with Crippen molar-refractivity contribution >= 4 is 29.6 Å². The van der Waals surface area contributed by atoms with Gasteiger partial charge in [-0.25, -0.2) is 4.79 Å². The van der Waals surface area contributed by atoms with Crippen LogP contribution in [0.5, 0.6) is 0 Å². The molecule has 0 radical (unpaired) electrons. The molecule has 1 aromatic rings. The van der Waals surface area contributed by atoms with Crippen LogP contribution in [0.25, 0.3) is 0 Å². The summed E-state index contributed by atoms with van der Waals surface area (Å²) in [6, 6.07) is 4.57. The molecule has 0 aliphatic carbocycles. The quantitative estimate of drug-likeness (QED) is 0.235. The van der Waals surface area contributed by atoms with Crippen LogP contribution in [0.1, 0.15) is 18.4 Å². The second-order valence-electron chi connectivity index (χ2n) is 6.10. The Hall–Kier alpha value is -3.47. The summed E-state index contributed by atoms with van der Waals surface area (Å²) >= 11 is 0. The molecule has 0 saturated heterocycles. The Balaban J connectivity index is 2.96. The fourth-order valence-corrected chi connectivity index (χ4v) is 2.32. The van der Waals surface area contributed by atoms with Crippen LogP contribution in [-0.4, -0.2) is 52.8 Å². The summed E-state index contributed by atoms with van der Waals surface area (Å²) in [5, 5.41) is 13.7. The molecule has 0 aliphatic heterocycles. The lowest BCUT2D eigenvalue weighted by molar-refractivity contribution is -0.143. The SMILES string of the molecule is NC(=O)C[C@H](NC(=O)[C@H](Cc1ccccc1)NC(=O)[C@@H](N)CC(N)=O)C(=O)O. The van der Waals surface area contributed by atoms with Crippen LogP contribution >= 0.6 is 0 Å². The van der Waals surface area contributed by atoms with E-state index in [-0.39, 0.29) is 6.42 Å². The minimum atomic E-state index is -1.56. The van der Waals surface area contributed by atoms with Crippen molar-refractivity contribution in [2.75, 3.05) is 0 Å². The first-order chi connectivity index (χ1) is 13.1. The Kier molecular flexibility index (Phi) is 8.56. The van der Waals surface area contributed by atoms with Gasteiger partial charge in [0, 0.05) is 6.42 Å². The smallest absolute Gasteiger partial charge is 0.326 e. The minimum Gasteiger partial charge on any atom is -0.480 e. The average molecular weight is 393 g/mol. The zero-order chi connectivity index (χ0) is 21.3. The number of aliphatic carboxylic acids is 1. The highest BCUT2D eigenvalue weighted by molar-refractivity contribution is 5.94. The van der Waals surface area contributed by atoms with E-state index < -0.39 is 60.6 Å². The fourth-order valence-electron chi connectivity index (χ4n) is 2.32. The summed E-state index contributed by atoms with van der Waals surface area (Å²) in [4.78, 5) is 57.9. The molecule has 28 heavy (non-hydrogen) atoms.